The Hall–Kier alpha value is -9.12. The number of nitrogens with zero attached hydrogens (tertiary/aromatic N) is 4. The van der Waals surface area contributed by atoms with E-state index in [2.05, 4.69) is 264 Å². The number of para-hydroxylation sites is 4. The predicted octanol–water partition coefficient (Wildman–Crippen LogP) is 16.0. The third-order valence-electron chi connectivity index (χ3n) is 14.4. The monoisotopic (exact) mass is 878 g/mol. The highest BCUT2D eigenvalue weighted by atomic mass is 15.1. The standard InChI is InChI=1S/C65H42N4/c1-5-21-43(22-6-1)63-66-56-33-15-17-35-60(56)68(63)58-37-19-30-49-52(58)42-53-50(31-20-38-59(53)69-61-36-18-16-34-57(61)67-64(69)44-23-7-2-8-24-44)62(49)45-39-40-55-51(41-45)48-29-13-14-32-54(48)65(55,46-25-9-3-10-26-46)47-27-11-4-12-28-47/h1-42H. The number of rotatable bonds is 7. The highest BCUT2D eigenvalue weighted by Crippen LogP contribution is 2.57. The molecule has 1 aliphatic rings. The van der Waals surface area contributed by atoms with Crippen molar-refractivity contribution >= 4 is 43.6 Å². The molecule has 0 aliphatic heterocycles. The Labute approximate surface area is 399 Å². The minimum absolute atomic E-state index is 0.499. The highest BCUT2D eigenvalue weighted by Gasteiger charge is 2.46. The summed E-state index contributed by atoms with van der Waals surface area (Å²) < 4.78 is 4.72. The molecule has 13 aromatic rings. The fraction of sp³-hybridized carbons (Fsp3) is 0.0154. The number of benzene rings is 11. The van der Waals surface area contributed by atoms with Crippen molar-refractivity contribution in [3.8, 4) is 56.4 Å². The van der Waals surface area contributed by atoms with Gasteiger partial charge in [-0.1, -0.05) is 206 Å². The molecule has 14 rings (SSSR count). The number of fused-ring (bicyclic) bond motifs is 7. The van der Waals surface area contributed by atoms with Crippen LogP contribution in [0.25, 0.3) is 100 Å². The lowest BCUT2D eigenvalue weighted by atomic mass is 9.67. The summed E-state index contributed by atoms with van der Waals surface area (Å²) in [5, 5.41) is 4.58. The van der Waals surface area contributed by atoms with Crippen LogP contribution in [0.1, 0.15) is 22.3 Å². The first kappa shape index (κ1) is 39.1. The average molecular weight is 879 g/mol. The number of hydrogen-bond donors (Lipinski definition) is 0. The van der Waals surface area contributed by atoms with Gasteiger partial charge in [0.25, 0.3) is 0 Å². The fourth-order valence-electron chi connectivity index (χ4n) is 11.5. The minimum atomic E-state index is -0.499. The summed E-state index contributed by atoms with van der Waals surface area (Å²) in [6.07, 6.45) is 0. The van der Waals surface area contributed by atoms with Gasteiger partial charge in [-0.25, -0.2) is 9.97 Å². The van der Waals surface area contributed by atoms with Crippen LogP contribution in [-0.4, -0.2) is 19.1 Å². The summed E-state index contributed by atoms with van der Waals surface area (Å²) >= 11 is 0. The molecule has 1 aliphatic carbocycles. The molecule has 0 saturated carbocycles. The van der Waals surface area contributed by atoms with Gasteiger partial charge in [-0.05, 0) is 104 Å². The molecule has 0 fully saturated rings. The maximum atomic E-state index is 5.32. The fourth-order valence-corrected chi connectivity index (χ4v) is 11.5. The van der Waals surface area contributed by atoms with Gasteiger partial charge in [0.15, 0.2) is 0 Å². The molecule has 2 aromatic heterocycles. The normalized spacial score (nSPS) is 12.8. The average Bonchev–Trinajstić information content (AvgIpc) is 4.10. The van der Waals surface area contributed by atoms with Crippen LogP contribution < -0.4 is 0 Å². The van der Waals surface area contributed by atoms with Gasteiger partial charge in [-0.2, -0.15) is 0 Å². The van der Waals surface area contributed by atoms with Crippen LogP contribution in [0.2, 0.25) is 0 Å². The van der Waals surface area contributed by atoms with Gasteiger partial charge in [0.2, 0.25) is 0 Å². The van der Waals surface area contributed by atoms with Crippen molar-refractivity contribution in [1.29, 1.82) is 0 Å². The molecule has 0 saturated heterocycles. The number of imidazole rings is 2. The topological polar surface area (TPSA) is 35.6 Å². The first-order valence-electron chi connectivity index (χ1n) is 23.7. The SMILES string of the molecule is c1ccc(-c2nc3ccccc3n2-c2cccc3c(-c4ccc5c(c4)-c4ccccc4C5(c4ccccc4)c4ccccc4)c4cccc(-n5c(-c6ccccc6)nc6ccccc65)c4cc23)cc1. The molecule has 0 atom stereocenters. The van der Waals surface area contributed by atoms with E-state index in [1.54, 1.807) is 0 Å². The second-order valence-electron chi connectivity index (χ2n) is 18.0. The Morgan fingerprint density at radius 1 is 0.304 bits per heavy atom. The van der Waals surface area contributed by atoms with E-state index in [0.29, 0.717) is 0 Å². The molecule has 322 valence electrons. The van der Waals surface area contributed by atoms with E-state index in [-0.39, 0.29) is 0 Å². The Bertz CT molecular complexity index is 3900. The minimum Gasteiger partial charge on any atom is -0.292 e. The van der Waals surface area contributed by atoms with Gasteiger partial charge in [0.1, 0.15) is 11.6 Å². The third-order valence-corrected chi connectivity index (χ3v) is 14.4. The Morgan fingerprint density at radius 3 is 1.29 bits per heavy atom. The molecule has 0 spiro atoms. The predicted molar refractivity (Wildman–Crippen MR) is 284 cm³/mol. The maximum absolute atomic E-state index is 5.32. The summed E-state index contributed by atoms with van der Waals surface area (Å²) in [6, 6.07) is 92.5. The van der Waals surface area contributed by atoms with Crippen molar-refractivity contribution in [1.82, 2.24) is 19.1 Å². The van der Waals surface area contributed by atoms with Crippen molar-refractivity contribution in [2.45, 2.75) is 5.41 Å². The third kappa shape index (κ3) is 5.82. The molecule has 0 radical (unpaired) electrons. The van der Waals surface area contributed by atoms with Crippen LogP contribution in [0.4, 0.5) is 0 Å². The van der Waals surface area contributed by atoms with E-state index in [4.69, 9.17) is 9.97 Å². The van der Waals surface area contributed by atoms with Crippen LogP contribution in [0.5, 0.6) is 0 Å². The second-order valence-corrected chi connectivity index (χ2v) is 18.0. The second kappa shape index (κ2) is 15.5. The van der Waals surface area contributed by atoms with Crippen LogP contribution in [0.15, 0.2) is 255 Å². The molecule has 0 unspecified atom stereocenters. The number of aromatic nitrogens is 4. The van der Waals surface area contributed by atoms with Crippen LogP contribution in [0, 0.1) is 0 Å². The molecular formula is C65H42N4. The molecule has 69 heavy (non-hydrogen) atoms. The maximum Gasteiger partial charge on any atom is 0.145 e. The van der Waals surface area contributed by atoms with Crippen molar-refractivity contribution in [2.75, 3.05) is 0 Å². The first-order valence-corrected chi connectivity index (χ1v) is 23.7. The van der Waals surface area contributed by atoms with Gasteiger partial charge in [0, 0.05) is 21.9 Å². The van der Waals surface area contributed by atoms with Gasteiger partial charge in [-0.3, -0.25) is 9.13 Å². The van der Waals surface area contributed by atoms with Gasteiger partial charge < -0.3 is 0 Å². The lowest BCUT2D eigenvalue weighted by molar-refractivity contribution is 0.768. The zero-order chi connectivity index (χ0) is 45.5. The summed E-state index contributed by atoms with van der Waals surface area (Å²) in [6.45, 7) is 0. The van der Waals surface area contributed by atoms with Crippen LogP contribution >= 0.6 is 0 Å². The quantitative estimate of drug-likeness (QED) is 0.150. The summed E-state index contributed by atoms with van der Waals surface area (Å²) in [5.74, 6) is 1.80. The van der Waals surface area contributed by atoms with Gasteiger partial charge >= 0.3 is 0 Å². The zero-order valence-corrected chi connectivity index (χ0v) is 37.5. The lowest BCUT2D eigenvalue weighted by Crippen LogP contribution is -2.28. The smallest absolute Gasteiger partial charge is 0.145 e. The molecule has 0 amide bonds. The van der Waals surface area contributed by atoms with Crippen LogP contribution in [0.3, 0.4) is 0 Å². The van der Waals surface area contributed by atoms with E-state index >= 15 is 0 Å². The molecular weight excluding hydrogens is 837 g/mol. The Morgan fingerprint density at radius 2 is 0.754 bits per heavy atom. The summed E-state index contributed by atoms with van der Waals surface area (Å²) in [5.41, 5.74) is 17.7. The molecule has 2 heterocycles. The van der Waals surface area contributed by atoms with Gasteiger partial charge in [0.05, 0.1) is 38.9 Å². The Balaban J connectivity index is 1.11. The molecule has 4 heteroatoms. The zero-order valence-electron chi connectivity index (χ0n) is 37.5. The summed E-state index contributed by atoms with van der Waals surface area (Å²) in [7, 11) is 0. The largest absolute Gasteiger partial charge is 0.292 e. The number of hydrogen-bond acceptors (Lipinski definition) is 2. The molecule has 0 bridgehead atoms. The van der Waals surface area contributed by atoms with E-state index in [1.165, 1.54) is 38.9 Å². The summed E-state index contributed by atoms with van der Waals surface area (Å²) in [4.78, 5) is 10.6. The van der Waals surface area contributed by atoms with E-state index in [9.17, 15) is 0 Å². The molecule has 4 nitrogen and oxygen atoms in total. The molecule has 11 aromatic carbocycles. The van der Waals surface area contributed by atoms with E-state index in [1.807, 2.05) is 0 Å². The van der Waals surface area contributed by atoms with Crippen molar-refractivity contribution < 1.29 is 0 Å². The van der Waals surface area contributed by atoms with Crippen molar-refractivity contribution in [2.24, 2.45) is 0 Å². The highest BCUT2D eigenvalue weighted by molar-refractivity contribution is 6.17. The van der Waals surface area contributed by atoms with E-state index < -0.39 is 5.41 Å². The lowest BCUT2D eigenvalue weighted by Gasteiger charge is -2.33. The van der Waals surface area contributed by atoms with Crippen LogP contribution in [-0.2, 0) is 5.41 Å². The van der Waals surface area contributed by atoms with Gasteiger partial charge in [-0.15, -0.1) is 0 Å². The van der Waals surface area contributed by atoms with E-state index in [0.717, 1.165) is 83.3 Å². The first-order chi connectivity index (χ1) is 34.3. The van der Waals surface area contributed by atoms with Crippen molar-refractivity contribution in [3.05, 3.63) is 277 Å². The molecule has 0 N–H and O–H groups in total. The Kier molecular flexibility index (Phi) is 8.77. The van der Waals surface area contributed by atoms with Crippen molar-refractivity contribution in [3.63, 3.8) is 0 Å².